The molecule has 0 amide bonds. The van der Waals surface area contributed by atoms with Crippen LogP contribution < -0.4 is 15.5 Å². The monoisotopic (exact) mass is 141 g/mol. The molecule has 0 saturated carbocycles. The molecule has 4 nitrogen and oxygen atoms in total. The van der Waals surface area contributed by atoms with Gasteiger partial charge in [-0.3, -0.25) is 0 Å². The van der Waals surface area contributed by atoms with Crippen molar-refractivity contribution in [2.24, 2.45) is 0 Å². The fourth-order valence-electron chi connectivity index (χ4n) is 0.0960. The normalized spacial score (nSPS) is 8.38. The quantitative estimate of drug-likeness (QED) is 0.481. The van der Waals surface area contributed by atoms with Gasteiger partial charge in [-0.05, 0) is 0 Å². The van der Waals surface area contributed by atoms with Gasteiger partial charge in [0, 0.05) is 4.29 Å². The Hall–Kier alpha value is -0.130. The van der Waals surface area contributed by atoms with Crippen molar-refractivity contribution in [1.82, 2.24) is 6.15 Å². The predicted octanol–water partition coefficient (Wildman–Crippen LogP) is -1.56. The second-order valence-electron chi connectivity index (χ2n) is 0.753. The van der Waals surface area contributed by atoms with Crippen molar-refractivity contribution in [1.29, 1.82) is 0 Å². The summed E-state index contributed by atoms with van der Waals surface area (Å²) < 4.78 is 22.9. The summed E-state index contributed by atoms with van der Waals surface area (Å²) in [5.74, 6) is 0. The molecule has 0 aliphatic rings. The highest BCUT2D eigenvalue weighted by atomic mass is 35.6. The molecule has 50 valence electrons. The molecule has 0 spiro atoms. The summed E-state index contributed by atoms with van der Waals surface area (Å²) in [7, 11) is -2.10. The van der Waals surface area contributed by atoms with Crippen molar-refractivity contribution in [3.8, 4) is 0 Å². The molecule has 0 unspecified atom stereocenters. The molecule has 0 aromatic heterocycles. The summed E-state index contributed by atoms with van der Waals surface area (Å²) in [6, 6.07) is 0. The van der Waals surface area contributed by atoms with E-state index in [1.165, 1.54) is 6.08 Å². The molecule has 0 heterocycles. The van der Waals surface area contributed by atoms with E-state index in [-0.39, 0.29) is 12.8 Å². The summed E-state index contributed by atoms with van der Waals surface area (Å²) >= 11 is 0. The van der Waals surface area contributed by atoms with E-state index in [1.807, 2.05) is 0 Å². The average Bonchev–Trinajstić information content (AvgIpc) is 1.61. The molecule has 3 N–H and O–H groups in total. The molecule has 0 aliphatic carbocycles. The van der Waals surface area contributed by atoms with E-state index in [2.05, 4.69) is 10.9 Å². The SMILES string of the molecule is C=CCO[Cl+2]([O-])[O-].N. The Kier molecular flexibility index (Phi) is 9.26. The lowest BCUT2D eigenvalue weighted by Gasteiger charge is -1.86. The highest BCUT2D eigenvalue weighted by molar-refractivity contribution is 4.61. The molecule has 0 radical (unpaired) electrons. The average molecular weight is 142 g/mol. The number of hydrogen-bond acceptors (Lipinski definition) is 4. The first-order valence-corrected chi connectivity index (χ1v) is 2.49. The van der Waals surface area contributed by atoms with E-state index >= 15 is 0 Å². The predicted molar refractivity (Wildman–Crippen MR) is 21.2 cm³/mol. The van der Waals surface area contributed by atoms with Gasteiger partial charge in [0.15, 0.2) is 6.61 Å². The molecule has 0 aliphatic heterocycles. The molecule has 0 bridgehead atoms. The minimum absolute atomic E-state index is 0. The van der Waals surface area contributed by atoms with E-state index in [4.69, 9.17) is 0 Å². The van der Waals surface area contributed by atoms with Crippen molar-refractivity contribution in [3.05, 3.63) is 12.7 Å². The van der Waals surface area contributed by atoms with Gasteiger partial charge in [0.2, 0.25) is 0 Å². The first-order chi connectivity index (χ1) is 3.27. The molecule has 5 heteroatoms. The molecule has 8 heavy (non-hydrogen) atoms. The van der Waals surface area contributed by atoms with Crippen LogP contribution in [0.15, 0.2) is 12.7 Å². The topological polar surface area (TPSA) is 90.3 Å². The van der Waals surface area contributed by atoms with Gasteiger partial charge in [0.25, 0.3) is 10.8 Å². The zero-order chi connectivity index (χ0) is 5.70. The fraction of sp³-hybridized carbons (Fsp3) is 0.333. The van der Waals surface area contributed by atoms with Crippen LogP contribution in [-0.2, 0) is 4.29 Å². The number of hydrogen-bond donors (Lipinski definition) is 1. The largest absolute Gasteiger partial charge is 0.344 e. The molecule has 0 saturated heterocycles. The second-order valence-corrected chi connectivity index (χ2v) is 1.35. The molecular weight excluding hydrogens is 133 g/mol. The first-order valence-electron chi connectivity index (χ1n) is 1.57. The first kappa shape index (κ1) is 10.8. The van der Waals surface area contributed by atoms with Crippen LogP contribution in [0.2, 0.25) is 0 Å². The fourth-order valence-corrected chi connectivity index (χ4v) is 0.288. The lowest BCUT2D eigenvalue weighted by Crippen LogP contribution is -2.34. The smallest absolute Gasteiger partial charge is 0.286 e. The van der Waals surface area contributed by atoms with E-state index in [0.29, 0.717) is 0 Å². The van der Waals surface area contributed by atoms with Crippen LogP contribution >= 0.6 is 0 Å². The molecule has 0 atom stereocenters. The summed E-state index contributed by atoms with van der Waals surface area (Å²) in [5.41, 5.74) is 0. The van der Waals surface area contributed by atoms with Crippen molar-refractivity contribution in [2.75, 3.05) is 6.61 Å². The number of halogens is 1. The van der Waals surface area contributed by atoms with Crippen LogP contribution in [0.3, 0.4) is 0 Å². The summed E-state index contributed by atoms with van der Waals surface area (Å²) in [6.07, 6.45) is 1.35. The van der Waals surface area contributed by atoms with Gasteiger partial charge in [-0.1, -0.05) is 6.08 Å². The Morgan fingerprint density at radius 2 is 2.12 bits per heavy atom. The highest BCUT2D eigenvalue weighted by Gasteiger charge is 2.00. The van der Waals surface area contributed by atoms with Gasteiger partial charge in [-0.25, -0.2) is 0 Å². The summed E-state index contributed by atoms with van der Waals surface area (Å²) in [5, 5.41) is 0. The van der Waals surface area contributed by atoms with Crippen LogP contribution in [0, 0.1) is 10.8 Å². The second kappa shape index (κ2) is 6.87. The van der Waals surface area contributed by atoms with Crippen molar-refractivity contribution < 1.29 is 24.4 Å². The lowest BCUT2D eigenvalue weighted by atomic mass is 10.7. The lowest BCUT2D eigenvalue weighted by molar-refractivity contribution is -1.63. The van der Waals surface area contributed by atoms with E-state index in [9.17, 15) is 9.32 Å². The minimum atomic E-state index is -2.10. The van der Waals surface area contributed by atoms with Gasteiger partial charge in [-0.2, -0.15) is 0 Å². The van der Waals surface area contributed by atoms with Crippen LogP contribution in [0.25, 0.3) is 0 Å². The summed E-state index contributed by atoms with van der Waals surface area (Å²) in [6.45, 7) is 3.26. The van der Waals surface area contributed by atoms with E-state index in [0.717, 1.165) is 0 Å². The van der Waals surface area contributed by atoms with Crippen LogP contribution in [0.1, 0.15) is 0 Å². The third-order valence-corrected chi connectivity index (χ3v) is 0.574. The van der Waals surface area contributed by atoms with E-state index < -0.39 is 10.8 Å². The van der Waals surface area contributed by atoms with E-state index in [1.54, 1.807) is 0 Å². The van der Waals surface area contributed by atoms with Crippen LogP contribution in [-0.4, -0.2) is 6.61 Å². The van der Waals surface area contributed by atoms with Gasteiger partial charge in [0.05, 0.1) is 0 Å². The molecule has 0 aromatic rings. The Bertz CT molecular complexity index is 58.5. The van der Waals surface area contributed by atoms with Gasteiger partial charge >= 0.3 is 0 Å². The van der Waals surface area contributed by atoms with Crippen molar-refractivity contribution in [3.63, 3.8) is 0 Å². The zero-order valence-corrected chi connectivity index (χ0v) is 5.06. The Balaban J connectivity index is 0. The van der Waals surface area contributed by atoms with Crippen LogP contribution in [0.5, 0.6) is 0 Å². The Morgan fingerprint density at radius 1 is 1.62 bits per heavy atom. The minimum Gasteiger partial charge on any atom is -0.344 e. The van der Waals surface area contributed by atoms with Crippen molar-refractivity contribution >= 4 is 0 Å². The maximum absolute atomic E-state index is 9.45. The van der Waals surface area contributed by atoms with Crippen LogP contribution in [0.4, 0.5) is 0 Å². The summed E-state index contributed by atoms with van der Waals surface area (Å²) in [4.78, 5) is 0. The Labute approximate surface area is 50.7 Å². The third-order valence-electron chi connectivity index (χ3n) is 0.270. The Morgan fingerprint density at radius 3 is 2.25 bits per heavy atom. The van der Waals surface area contributed by atoms with Gasteiger partial charge < -0.3 is 15.5 Å². The number of rotatable bonds is 3. The maximum atomic E-state index is 9.45. The highest BCUT2D eigenvalue weighted by Crippen LogP contribution is 1.74. The van der Waals surface area contributed by atoms with Gasteiger partial charge in [0.1, 0.15) is 0 Å². The maximum Gasteiger partial charge on any atom is 0.286 e. The molecule has 0 fully saturated rings. The third kappa shape index (κ3) is 9.30. The van der Waals surface area contributed by atoms with Gasteiger partial charge in [-0.15, -0.1) is 6.58 Å². The zero-order valence-electron chi connectivity index (χ0n) is 4.30. The molecule has 0 aromatic carbocycles. The molecular formula is C3H8ClNO3. The molecule has 0 rings (SSSR count). The standard InChI is InChI=1S/C3H5ClO3.H3N/c1-2-3-7-4(5)6;/h2H,1,3H2;1H3. The van der Waals surface area contributed by atoms with Crippen molar-refractivity contribution in [2.45, 2.75) is 0 Å².